The summed E-state index contributed by atoms with van der Waals surface area (Å²) in [6.07, 6.45) is 0. The van der Waals surface area contributed by atoms with E-state index in [0.29, 0.717) is 23.2 Å². The van der Waals surface area contributed by atoms with Crippen LogP contribution in [-0.2, 0) is 4.79 Å². The molecule has 4 aromatic rings. The van der Waals surface area contributed by atoms with Crippen molar-refractivity contribution in [1.82, 2.24) is 19.6 Å². The van der Waals surface area contributed by atoms with Gasteiger partial charge < -0.3 is 4.90 Å². The van der Waals surface area contributed by atoms with E-state index < -0.39 is 0 Å². The second-order valence-corrected chi connectivity index (χ2v) is 7.71. The number of aromatic amines is 1. The molecule has 1 N–H and O–H groups in total. The second kappa shape index (κ2) is 8.54. The zero-order valence-electron chi connectivity index (χ0n) is 16.7. The maximum atomic E-state index is 12.9. The van der Waals surface area contributed by atoms with Crippen LogP contribution in [0.4, 0.5) is 5.69 Å². The van der Waals surface area contributed by atoms with Gasteiger partial charge in [-0.15, -0.1) is 0 Å². The fourth-order valence-corrected chi connectivity index (χ4v) is 3.96. The van der Waals surface area contributed by atoms with Gasteiger partial charge in [0.05, 0.1) is 5.75 Å². The van der Waals surface area contributed by atoms with Gasteiger partial charge in [0.25, 0.3) is 5.56 Å². The van der Waals surface area contributed by atoms with E-state index in [2.05, 4.69) is 15.1 Å². The summed E-state index contributed by atoms with van der Waals surface area (Å²) >= 11 is 1.27. The van der Waals surface area contributed by atoms with Crippen molar-refractivity contribution in [2.24, 2.45) is 0 Å². The van der Waals surface area contributed by atoms with Crippen molar-refractivity contribution in [2.45, 2.75) is 19.0 Å². The molecule has 0 radical (unpaired) electrons. The molecule has 0 saturated heterocycles. The molecular formula is C22H21N5O2S. The Hall–Kier alpha value is -3.39. The summed E-state index contributed by atoms with van der Waals surface area (Å²) in [5.74, 6) is 0.661. The van der Waals surface area contributed by atoms with Crippen LogP contribution in [0.5, 0.6) is 0 Å². The molecule has 2 aromatic heterocycles. The van der Waals surface area contributed by atoms with Crippen molar-refractivity contribution >= 4 is 29.0 Å². The molecule has 0 spiro atoms. The molecule has 0 atom stereocenters. The average Bonchev–Trinajstić information content (AvgIpc) is 3.14. The van der Waals surface area contributed by atoms with Crippen LogP contribution < -0.4 is 10.5 Å². The molecule has 0 aliphatic carbocycles. The number of nitrogens with zero attached hydrogens (tertiary/aromatic N) is 4. The van der Waals surface area contributed by atoms with E-state index >= 15 is 0 Å². The van der Waals surface area contributed by atoms with Crippen molar-refractivity contribution in [3.8, 4) is 11.4 Å². The third-order valence-corrected chi connectivity index (χ3v) is 5.57. The Morgan fingerprint density at radius 2 is 1.83 bits per heavy atom. The quantitative estimate of drug-likeness (QED) is 0.483. The average molecular weight is 420 g/mol. The van der Waals surface area contributed by atoms with E-state index in [0.717, 1.165) is 16.8 Å². The first kappa shape index (κ1) is 19.9. The Bertz CT molecular complexity index is 1230. The van der Waals surface area contributed by atoms with E-state index in [9.17, 15) is 9.59 Å². The summed E-state index contributed by atoms with van der Waals surface area (Å²) in [5, 5.41) is 3.21. The lowest BCUT2D eigenvalue weighted by Gasteiger charge is -2.20. The predicted octanol–water partition coefficient (Wildman–Crippen LogP) is 3.54. The summed E-state index contributed by atoms with van der Waals surface area (Å²) in [7, 11) is 0. The number of anilines is 1. The van der Waals surface area contributed by atoms with Crippen molar-refractivity contribution in [3.05, 3.63) is 76.6 Å². The van der Waals surface area contributed by atoms with Crippen LogP contribution in [0.15, 0.2) is 70.6 Å². The lowest BCUT2D eigenvalue weighted by Crippen LogP contribution is -2.32. The molecule has 0 bridgehead atoms. The number of carbonyl (C=O) groups is 1. The summed E-state index contributed by atoms with van der Waals surface area (Å²) in [4.78, 5) is 35.6. The second-order valence-electron chi connectivity index (χ2n) is 6.77. The van der Waals surface area contributed by atoms with Crippen LogP contribution in [0.3, 0.4) is 0 Å². The van der Waals surface area contributed by atoms with Gasteiger partial charge in [0.1, 0.15) is 0 Å². The molecule has 0 aliphatic rings. The van der Waals surface area contributed by atoms with Crippen LogP contribution in [-0.4, -0.2) is 37.8 Å². The number of hydrogen-bond donors (Lipinski definition) is 1. The van der Waals surface area contributed by atoms with Crippen molar-refractivity contribution in [1.29, 1.82) is 0 Å². The van der Waals surface area contributed by atoms with Crippen LogP contribution in [0.1, 0.15) is 12.5 Å². The van der Waals surface area contributed by atoms with Crippen molar-refractivity contribution < 1.29 is 4.79 Å². The molecule has 7 nitrogen and oxygen atoms in total. The van der Waals surface area contributed by atoms with Gasteiger partial charge in [-0.3, -0.25) is 14.7 Å². The zero-order valence-corrected chi connectivity index (χ0v) is 17.5. The molecule has 0 unspecified atom stereocenters. The monoisotopic (exact) mass is 419 g/mol. The van der Waals surface area contributed by atoms with Crippen LogP contribution in [0, 0.1) is 6.92 Å². The molecule has 0 fully saturated rings. The molecule has 0 aliphatic heterocycles. The molecule has 0 saturated carbocycles. The molecule has 152 valence electrons. The van der Waals surface area contributed by atoms with E-state index in [1.807, 2.05) is 68.4 Å². The molecular weight excluding hydrogens is 398 g/mol. The zero-order chi connectivity index (χ0) is 21.1. The lowest BCUT2D eigenvalue weighted by atomic mass is 10.1. The SMILES string of the molecule is CCN(C(=O)CSc1nc(-c2ccc(C)cc2)nc2cc(=O)[nH]n12)c1ccccc1. The molecule has 30 heavy (non-hydrogen) atoms. The molecule has 4 rings (SSSR count). The Morgan fingerprint density at radius 3 is 2.53 bits per heavy atom. The number of benzene rings is 2. The standard InChI is InChI=1S/C22H21N5O2S/c1-3-26(17-7-5-4-6-8-17)20(29)14-30-22-24-21(16-11-9-15(2)10-12-16)23-18-13-19(28)25-27(18)22/h4-13H,3,14H2,1-2H3,(H,25,28). The predicted molar refractivity (Wildman–Crippen MR) is 119 cm³/mol. The van der Waals surface area contributed by atoms with Gasteiger partial charge in [-0.25, -0.2) is 14.5 Å². The number of carbonyl (C=O) groups excluding carboxylic acids is 1. The minimum Gasteiger partial charge on any atom is -0.312 e. The number of fused-ring (bicyclic) bond motifs is 1. The van der Waals surface area contributed by atoms with Gasteiger partial charge in [-0.05, 0) is 26.0 Å². The van der Waals surface area contributed by atoms with Crippen LogP contribution >= 0.6 is 11.8 Å². The summed E-state index contributed by atoms with van der Waals surface area (Å²) in [5.41, 5.74) is 3.05. The Balaban J connectivity index is 1.64. The van der Waals surface area contributed by atoms with Crippen LogP contribution in [0.25, 0.3) is 17.0 Å². The summed E-state index contributed by atoms with van der Waals surface area (Å²) in [6.45, 7) is 4.52. The number of nitrogens with one attached hydrogen (secondary N) is 1. The fourth-order valence-electron chi connectivity index (χ4n) is 3.13. The number of thioether (sulfide) groups is 1. The minimum atomic E-state index is -0.266. The molecule has 2 aromatic carbocycles. The fraction of sp³-hybridized carbons (Fsp3) is 0.182. The topological polar surface area (TPSA) is 83.4 Å². The largest absolute Gasteiger partial charge is 0.312 e. The normalized spacial score (nSPS) is 11.0. The first-order valence-electron chi connectivity index (χ1n) is 9.60. The number of aryl methyl sites for hydroxylation is 1. The summed E-state index contributed by atoms with van der Waals surface area (Å²) in [6, 6.07) is 18.8. The van der Waals surface area contributed by atoms with Crippen molar-refractivity contribution in [3.63, 3.8) is 0 Å². The smallest absolute Gasteiger partial charge is 0.266 e. The van der Waals surface area contributed by atoms with Gasteiger partial charge >= 0.3 is 0 Å². The van der Waals surface area contributed by atoms with Gasteiger partial charge in [0.2, 0.25) is 5.91 Å². The maximum absolute atomic E-state index is 12.9. The molecule has 2 heterocycles. The first-order chi connectivity index (χ1) is 14.5. The molecule has 8 heteroatoms. The molecule has 1 amide bonds. The Labute approximate surface area is 177 Å². The van der Waals surface area contributed by atoms with E-state index in [1.54, 1.807) is 4.90 Å². The van der Waals surface area contributed by atoms with E-state index in [-0.39, 0.29) is 17.2 Å². The lowest BCUT2D eigenvalue weighted by molar-refractivity contribution is -0.116. The van der Waals surface area contributed by atoms with Gasteiger partial charge in [-0.1, -0.05) is 59.8 Å². The highest BCUT2D eigenvalue weighted by atomic mass is 32.2. The van der Waals surface area contributed by atoms with Crippen LogP contribution in [0.2, 0.25) is 0 Å². The van der Waals surface area contributed by atoms with Gasteiger partial charge in [0, 0.05) is 23.9 Å². The minimum absolute atomic E-state index is 0.0353. The summed E-state index contributed by atoms with van der Waals surface area (Å²) < 4.78 is 1.52. The third kappa shape index (κ3) is 4.13. The third-order valence-electron chi connectivity index (χ3n) is 4.64. The maximum Gasteiger partial charge on any atom is 0.266 e. The number of amides is 1. The number of rotatable bonds is 6. The highest BCUT2D eigenvalue weighted by molar-refractivity contribution is 7.99. The number of H-pyrrole nitrogens is 1. The van der Waals surface area contributed by atoms with E-state index in [1.165, 1.54) is 22.3 Å². The highest BCUT2D eigenvalue weighted by Gasteiger charge is 2.17. The van der Waals surface area contributed by atoms with Crippen molar-refractivity contribution in [2.75, 3.05) is 17.2 Å². The van der Waals surface area contributed by atoms with E-state index in [4.69, 9.17) is 0 Å². The number of para-hydroxylation sites is 1. The Morgan fingerprint density at radius 1 is 1.10 bits per heavy atom. The number of hydrogen-bond acceptors (Lipinski definition) is 5. The van der Waals surface area contributed by atoms with Gasteiger partial charge in [-0.2, -0.15) is 0 Å². The number of aromatic nitrogens is 4. The van der Waals surface area contributed by atoms with Gasteiger partial charge in [0.15, 0.2) is 16.6 Å². The Kier molecular flexibility index (Phi) is 5.67. The first-order valence-corrected chi connectivity index (χ1v) is 10.6. The highest BCUT2D eigenvalue weighted by Crippen LogP contribution is 2.23.